The number of fused-ring (bicyclic) bond motifs is 1. The second-order valence-corrected chi connectivity index (χ2v) is 5.13. The normalized spacial score (nSPS) is 17.7. The average Bonchev–Trinajstić information content (AvgIpc) is 2.68. The fourth-order valence-corrected chi connectivity index (χ4v) is 3.03. The number of aromatic amines is 1. The van der Waals surface area contributed by atoms with Crippen molar-refractivity contribution >= 4 is 22.6 Å². The molecule has 0 aliphatic heterocycles. The van der Waals surface area contributed by atoms with Gasteiger partial charge in [-0.15, -0.1) is 0 Å². The summed E-state index contributed by atoms with van der Waals surface area (Å²) in [5, 5.41) is 0.620. The molecule has 1 aliphatic rings. The maximum absolute atomic E-state index is 12.0. The molecule has 1 saturated carbocycles. The zero-order chi connectivity index (χ0) is 11.8. The van der Waals surface area contributed by atoms with E-state index in [2.05, 4.69) is 4.98 Å². The molecule has 0 spiro atoms. The maximum Gasteiger partial charge on any atom is 0.326 e. The number of H-pyrrole nitrogens is 1. The summed E-state index contributed by atoms with van der Waals surface area (Å²) in [5.41, 5.74) is 1.68. The highest BCUT2D eigenvalue weighted by atomic mass is 35.5. The van der Waals surface area contributed by atoms with Crippen LogP contribution in [0.5, 0.6) is 0 Å². The number of nitrogens with one attached hydrogen (secondary N) is 1. The lowest BCUT2D eigenvalue weighted by atomic mass is 9.95. The van der Waals surface area contributed by atoms with Gasteiger partial charge in [0.05, 0.1) is 16.1 Å². The molecule has 90 valence electrons. The summed E-state index contributed by atoms with van der Waals surface area (Å²) in [4.78, 5) is 14.9. The number of benzene rings is 1. The van der Waals surface area contributed by atoms with Gasteiger partial charge in [-0.05, 0) is 25.0 Å². The molecule has 1 aromatic heterocycles. The molecular formula is C13H15ClN2O. The Bertz CT molecular complexity index is 593. The molecule has 0 saturated heterocycles. The molecule has 17 heavy (non-hydrogen) atoms. The number of aromatic nitrogens is 2. The molecule has 0 radical (unpaired) electrons. The molecule has 0 atom stereocenters. The van der Waals surface area contributed by atoms with Crippen LogP contribution in [0.3, 0.4) is 0 Å². The van der Waals surface area contributed by atoms with E-state index in [4.69, 9.17) is 11.6 Å². The van der Waals surface area contributed by atoms with Gasteiger partial charge in [-0.25, -0.2) is 4.79 Å². The topological polar surface area (TPSA) is 37.8 Å². The van der Waals surface area contributed by atoms with Crippen molar-refractivity contribution < 1.29 is 0 Å². The summed E-state index contributed by atoms with van der Waals surface area (Å²) in [7, 11) is 0. The molecule has 4 heteroatoms. The average molecular weight is 251 g/mol. The molecule has 1 heterocycles. The molecular weight excluding hydrogens is 236 g/mol. The van der Waals surface area contributed by atoms with Crippen LogP contribution in [0.4, 0.5) is 0 Å². The number of nitrogens with zero attached hydrogens (tertiary/aromatic N) is 1. The van der Waals surface area contributed by atoms with E-state index in [1.807, 2.05) is 22.8 Å². The largest absolute Gasteiger partial charge is 0.326 e. The molecule has 0 amide bonds. The molecule has 1 aromatic carbocycles. The minimum atomic E-state index is -0.0278. The van der Waals surface area contributed by atoms with E-state index in [0.717, 1.165) is 23.9 Å². The third kappa shape index (κ3) is 1.78. The molecule has 3 rings (SSSR count). The molecule has 0 bridgehead atoms. The van der Waals surface area contributed by atoms with Gasteiger partial charge < -0.3 is 4.98 Å². The quantitative estimate of drug-likeness (QED) is 0.827. The Labute approximate surface area is 104 Å². The van der Waals surface area contributed by atoms with Gasteiger partial charge in [-0.1, -0.05) is 36.9 Å². The van der Waals surface area contributed by atoms with E-state index < -0.39 is 0 Å². The highest BCUT2D eigenvalue weighted by molar-refractivity contribution is 6.34. The number of hydrogen-bond donors (Lipinski definition) is 1. The molecule has 1 N–H and O–H groups in total. The summed E-state index contributed by atoms with van der Waals surface area (Å²) in [6.45, 7) is 0. The first kappa shape index (κ1) is 10.9. The van der Waals surface area contributed by atoms with Crippen LogP contribution in [-0.4, -0.2) is 9.55 Å². The first-order chi connectivity index (χ1) is 8.27. The zero-order valence-corrected chi connectivity index (χ0v) is 10.3. The van der Waals surface area contributed by atoms with Crippen LogP contribution >= 0.6 is 11.6 Å². The van der Waals surface area contributed by atoms with Crippen molar-refractivity contribution in [2.24, 2.45) is 0 Å². The third-order valence-corrected chi connectivity index (χ3v) is 3.96. The minimum absolute atomic E-state index is 0.0278. The van der Waals surface area contributed by atoms with Gasteiger partial charge in [0.25, 0.3) is 0 Å². The van der Waals surface area contributed by atoms with Gasteiger partial charge in [0.1, 0.15) is 0 Å². The predicted molar refractivity (Wildman–Crippen MR) is 69.7 cm³/mol. The van der Waals surface area contributed by atoms with E-state index in [1.54, 1.807) is 0 Å². The standard InChI is InChI=1S/C13H15ClN2O/c14-10-7-4-8-11-12(10)15-13(17)16(11)9-5-2-1-3-6-9/h4,7-9H,1-3,5-6H2,(H,15,17). The fourth-order valence-electron chi connectivity index (χ4n) is 2.82. The van der Waals surface area contributed by atoms with Crippen LogP contribution < -0.4 is 5.69 Å². The monoisotopic (exact) mass is 250 g/mol. The van der Waals surface area contributed by atoms with Crippen molar-refractivity contribution in [1.29, 1.82) is 0 Å². The summed E-state index contributed by atoms with van der Waals surface area (Å²) in [6, 6.07) is 6.01. The van der Waals surface area contributed by atoms with Gasteiger partial charge >= 0.3 is 5.69 Å². The van der Waals surface area contributed by atoms with Crippen LogP contribution in [0.15, 0.2) is 23.0 Å². The Morgan fingerprint density at radius 3 is 2.76 bits per heavy atom. The van der Waals surface area contributed by atoms with Gasteiger partial charge in [-0.3, -0.25) is 4.57 Å². The Morgan fingerprint density at radius 2 is 2.00 bits per heavy atom. The summed E-state index contributed by atoms with van der Waals surface area (Å²) >= 11 is 6.10. The number of rotatable bonds is 1. The second kappa shape index (κ2) is 4.22. The SMILES string of the molecule is O=c1[nH]c2c(Cl)cccc2n1C1CCCCC1. The lowest BCUT2D eigenvalue weighted by Crippen LogP contribution is -2.23. The summed E-state index contributed by atoms with van der Waals surface area (Å²) in [6.07, 6.45) is 5.90. The second-order valence-electron chi connectivity index (χ2n) is 4.73. The number of halogens is 1. The predicted octanol–water partition coefficient (Wildman–Crippen LogP) is 3.49. The maximum atomic E-state index is 12.0. The van der Waals surface area contributed by atoms with Crippen molar-refractivity contribution in [3.05, 3.63) is 33.7 Å². The van der Waals surface area contributed by atoms with E-state index in [-0.39, 0.29) is 5.69 Å². The van der Waals surface area contributed by atoms with Gasteiger partial charge in [-0.2, -0.15) is 0 Å². The first-order valence-corrected chi connectivity index (χ1v) is 6.54. The lowest BCUT2D eigenvalue weighted by molar-refractivity contribution is 0.353. The Morgan fingerprint density at radius 1 is 1.24 bits per heavy atom. The van der Waals surface area contributed by atoms with Crippen molar-refractivity contribution in [2.45, 2.75) is 38.1 Å². The molecule has 1 aliphatic carbocycles. The minimum Gasteiger partial charge on any atom is -0.304 e. The number of imidazole rings is 1. The molecule has 3 nitrogen and oxygen atoms in total. The van der Waals surface area contributed by atoms with Crippen molar-refractivity contribution in [3.8, 4) is 0 Å². The highest BCUT2D eigenvalue weighted by Crippen LogP contribution is 2.30. The van der Waals surface area contributed by atoms with E-state index in [0.29, 0.717) is 11.1 Å². The first-order valence-electron chi connectivity index (χ1n) is 6.16. The van der Waals surface area contributed by atoms with E-state index >= 15 is 0 Å². The van der Waals surface area contributed by atoms with Gasteiger partial charge in [0, 0.05) is 6.04 Å². The number of hydrogen-bond acceptors (Lipinski definition) is 1. The lowest BCUT2D eigenvalue weighted by Gasteiger charge is -2.22. The Hall–Kier alpha value is -1.22. The van der Waals surface area contributed by atoms with E-state index in [9.17, 15) is 4.79 Å². The van der Waals surface area contributed by atoms with Crippen LogP contribution in [0.2, 0.25) is 5.02 Å². The highest BCUT2D eigenvalue weighted by Gasteiger charge is 2.20. The van der Waals surface area contributed by atoms with Crippen molar-refractivity contribution in [1.82, 2.24) is 9.55 Å². The smallest absolute Gasteiger partial charge is 0.304 e. The molecule has 2 aromatic rings. The zero-order valence-electron chi connectivity index (χ0n) is 9.58. The Kier molecular flexibility index (Phi) is 2.71. The van der Waals surface area contributed by atoms with E-state index in [1.165, 1.54) is 19.3 Å². The Balaban J connectivity index is 2.18. The van der Waals surface area contributed by atoms with Crippen LogP contribution in [-0.2, 0) is 0 Å². The van der Waals surface area contributed by atoms with Crippen molar-refractivity contribution in [3.63, 3.8) is 0 Å². The summed E-state index contributed by atoms with van der Waals surface area (Å²) in [5.74, 6) is 0. The van der Waals surface area contributed by atoms with Gasteiger partial charge in [0.2, 0.25) is 0 Å². The van der Waals surface area contributed by atoms with Gasteiger partial charge in [0.15, 0.2) is 0 Å². The summed E-state index contributed by atoms with van der Waals surface area (Å²) < 4.78 is 1.89. The van der Waals surface area contributed by atoms with Crippen LogP contribution in [0.25, 0.3) is 11.0 Å². The molecule has 1 fully saturated rings. The van der Waals surface area contributed by atoms with Crippen LogP contribution in [0, 0.1) is 0 Å². The number of para-hydroxylation sites is 1. The molecule has 0 unspecified atom stereocenters. The van der Waals surface area contributed by atoms with Crippen LogP contribution in [0.1, 0.15) is 38.1 Å². The van der Waals surface area contributed by atoms with Crippen molar-refractivity contribution in [2.75, 3.05) is 0 Å². The fraction of sp³-hybridized carbons (Fsp3) is 0.462. The third-order valence-electron chi connectivity index (χ3n) is 3.64.